The zero-order valence-corrected chi connectivity index (χ0v) is 12.5. The molecule has 0 saturated heterocycles. The summed E-state index contributed by atoms with van der Waals surface area (Å²) in [4.78, 5) is 23.9. The summed E-state index contributed by atoms with van der Waals surface area (Å²) < 4.78 is 4.94. The molecule has 0 radical (unpaired) electrons. The van der Waals surface area contributed by atoms with E-state index in [2.05, 4.69) is 16.8 Å². The molecule has 8 nitrogen and oxygen atoms in total. The van der Waals surface area contributed by atoms with Crippen LogP contribution in [0.5, 0.6) is 0 Å². The van der Waals surface area contributed by atoms with Gasteiger partial charge in [-0.05, 0) is 12.1 Å². The lowest BCUT2D eigenvalue weighted by Gasteiger charge is -2.13. The van der Waals surface area contributed by atoms with Gasteiger partial charge in [0.05, 0.1) is 18.0 Å². The van der Waals surface area contributed by atoms with E-state index in [4.69, 9.17) is 4.42 Å². The van der Waals surface area contributed by atoms with Crippen LogP contribution < -0.4 is 4.90 Å². The van der Waals surface area contributed by atoms with E-state index in [0.29, 0.717) is 12.1 Å². The first-order valence-electron chi connectivity index (χ1n) is 6.99. The maximum Gasteiger partial charge on any atom is 0.433 e. The number of hydrogen-bond acceptors (Lipinski definition) is 6. The number of para-hydroxylation sites is 1. The van der Waals surface area contributed by atoms with E-state index >= 15 is 0 Å². The SMILES string of the molecule is C=CCN1C(=O)/C(=N/N=C\c2ccc([N+](=O)[O-])o2)c2ccccc21. The first-order chi connectivity index (χ1) is 11.6. The molecule has 0 atom stereocenters. The predicted molar refractivity (Wildman–Crippen MR) is 88.5 cm³/mol. The monoisotopic (exact) mass is 324 g/mol. The van der Waals surface area contributed by atoms with Gasteiger partial charge in [0.25, 0.3) is 5.91 Å². The van der Waals surface area contributed by atoms with E-state index in [0.717, 1.165) is 5.69 Å². The van der Waals surface area contributed by atoms with Crippen molar-refractivity contribution < 1.29 is 14.1 Å². The molecule has 24 heavy (non-hydrogen) atoms. The minimum Gasteiger partial charge on any atom is -0.400 e. The Labute approximate surface area is 136 Å². The number of carbonyl (C=O) groups excluding carboxylic acids is 1. The number of fused-ring (bicyclic) bond motifs is 1. The average Bonchev–Trinajstić information content (AvgIpc) is 3.14. The third kappa shape index (κ3) is 2.72. The van der Waals surface area contributed by atoms with Crippen molar-refractivity contribution in [3.63, 3.8) is 0 Å². The number of furan rings is 1. The van der Waals surface area contributed by atoms with Gasteiger partial charge >= 0.3 is 5.88 Å². The summed E-state index contributed by atoms with van der Waals surface area (Å²) in [6.45, 7) is 4.01. The zero-order valence-electron chi connectivity index (χ0n) is 12.5. The van der Waals surface area contributed by atoms with Crippen LogP contribution in [0.4, 0.5) is 11.6 Å². The minimum atomic E-state index is -0.646. The fourth-order valence-electron chi connectivity index (χ4n) is 2.32. The third-order valence-electron chi connectivity index (χ3n) is 3.34. The Morgan fingerprint density at radius 2 is 2.08 bits per heavy atom. The molecule has 0 bridgehead atoms. The third-order valence-corrected chi connectivity index (χ3v) is 3.34. The lowest BCUT2D eigenvalue weighted by molar-refractivity contribution is -0.402. The molecule has 0 saturated carbocycles. The number of benzene rings is 1. The second-order valence-corrected chi connectivity index (χ2v) is 4.85. The Morgan fingerprint density at radius 3 is 2.79 bits per heavy atom. The largest absolute Gasteiger partial charge is 0.433 e. The standard InChI is InChI=1S/C16H12N4O4/c1-2-9-19-13-6-4-3-5-12(13)15(16(19)21)18-17-10-11-7-8-14(24-11)20(22)23/h2-8,10H,1,9H2/b17-10-,18-15+. The number of hydrogen-bond donors (Lipinski definition) is 0. The highest BCUT2D eigenvalue weighted by atomic mass is 16.6. The fourth-order valence-corrected chi connectivity index (χ4v) is 2.32. The molecule has 2 heterocycles. The topological polar surface area (TPSA) is 101 Å². The molecule has 2 aromatic rings. The maximum absolute atomic E-state index is 12.4. The molecular formula is C16H12N4O4. The molecule has 1 aliphatic rings. The van der Waals surface area contributed by atoms with Gasteiger partial charge in [-0.1, -0.05) is 24.3 Å². The van der Waals surface area contributed by atoms with Crippen molar-refractivity contribution in [3.8, 4) is 0 Å². The summed E-state index contributed by atoms with van der Waals surface area (Å²) in [6, 6.07) is 9.85. The summed E-state index contributed by atoms with van der Waals surface area (Å²) in [5, 5.41) is 18.3. The van der Waals surface area contributed by atoms with Crippen molar-refractivity contribution in [2.45, 2.75) is 0 Å². The molecule has 1 aromatic carbocycles. The van der Waals surface area contributed by atoms with Crippen LogP contribution in [-0.2, 0) is 4.79 Å². The van der Waals surface area contributed by atoms with Crippen LogP contribution in [0.25, 0.3) is 0 Å². The summed E-state index contributed by atoms with van der Waals surface area (Å²) in [6.07, 6.45) is 2.84. The molecule has 0 aliphatic carbocycles. The molecule has 8 heteroatoms. The highest BCUT2D eigenvalue weighted by Gasteiger charge is 2.32. The summed E-state index contributed by atoms with van der Waals surface area (Å²) >= 11 is 0. The van der Waals surface area contributed by atoms with Crippen molar-refractivity contribution in [1.29, 1.82) is 0 Å². The van der Waals surface area contributed by atoms with Gasteiger partial charge in [-0.2, -0.15) is 5.10 Å². The molecular weight excluding hydrogens is 312 g/mol. The predicted octanol–water partition coefficient (Wildman–Crippen LogP) is 2.54. The second-order valence-electron chi connectivity index (χ2n) is 4.85. The summed E-state index contributed by atoms with van der Waals surface area (Å²) in [7, 11) is 0. The van der Waals surface area contributed by atoms with Crippen LogP contribution in [0.2, 0.25) is 0 Å². The van der Waals surface area contributed by atoms with E-state index in [9.17, 15) is 14.9 Å². The molecule has 1 amide bonds. The Morgan fingerprint density at radius 1 is 1.29 bits per heavy atom. The Kier molecular flexibility index (Phi) is 4.02. The van der Waals surface area contributed by atoms with E-state index in [1.807, 2.05) is 12.1 Å². The van der Waals surface area contributed by atoms with Gasteiger partial charge in [-0.3, -0.25) is 14.9 Å². The van der Waals surface area contributed by atoms with Crippen molar-refractivity contribution >= 4 is 29.4 Å². The van der Waals surface area contributed by atoms with E-state index in [-0.39, 0.29) is 23.3 Å². The lowest BCUT2D eigenvalue weighted by atomic mass is 10.1. The van der Waals surface area contributed by atoms with Gasteiger partial charge in [0.15, 0.2) is 11.5 Å². The Hall–Kier alpha value is -3.55. The van der Waals surface area contributed by atoms with Crippen molar-refractivity contribution in [1.82, 2.24) is 0 Å². The number of anilines is 1. The smallest absolute Gasteiger partial charge is 0.400 e. The molecule has 1 aromatic heterocycles. The summed E-state index contributed by atoms with van der Waals surface area (Å²) in [5.41, 5.74) is 1.61. The second kappa shape index (κ2) is 6.29. The molecule has 0 spiro atoms. The zero-order chi connectivity index (χ0) is 17.1. The van der Waals surface area contributed by atoms with Crippen LogP contribution in [0, 0.1) is 10.1 Å². The molecule has 0 N–H and O–H groups in total. The highest BCUT2D eigenvalue weighted by molar-refractivity contribution is 6.54. The molecule has 3 rings (SSSR count). The number of rotatable bonds is 5. The normalized spacial score (nSPS) is 15.2. The minimum absolute atomic E-state index is 0.174. The molecule has 120 valence electrons. The van der Waals surface area contributed by atoms with E-state index in [1.54, 1.807) is 23.1 Å². The van der Waals surface area contributed by atoms with Crippen molar-refractivity contribution in [3.05, 3.63) is 70.5 Å². The van der Waals surface area contributed by atoms with Crippen LogP contribution >= 0.6 is 0 Å². The van der Waals surface area contributed by atoms with Crippen LogP contribution in [0.3, 0.4) is 0 Å². The molecule has 1 aliphatic heterocycles. The van der Waals surface area contributed by atoms with Gasteiger partial charge < -0.3 is 9.32 Å². The van der Waals surface area contributed by atoms with Crippen molar-refractivity contribution in [2.75, 3.05) is 11.4 Å². The number of amides is 1. The highest BCUT2D eigenvalue weighted by Crippen LogP contribution is 2.29. The van der Waals surface area contributed by atoms with Gasteiger partial charge in [0, 0.05) is 12.1 Å². The molecule has 0 fully saturated rings. The Bertz CT molecular complexity index is 882. The number of nitrogens with zero attached hydrogens (tertiary/aromatic N) is 4. The van der Waals surface area contributed by atoms with E-state index in [1.165, 1.54) is 18.3 Å². The number of nitro groups is 1. The lowest BCUT2D eigenvalue weighted by Crippen LogP contribution is -2.30. The van der Waals surface area contributed by atoms with Gasteiger partial charge in [0.2, 0.25) is 0 Å². The maximum atomic E-state index is 12.4. The fraction of sp³-hybridized carbons (Fsp3) is 0.0625. The van der Waals surface area contributed by atoms with Crippen molar-refractivity contribution in [2.24, 2.45) is 10.2 Å². The first kappa shape index (κ1) is 15.3. The van der Waals surface area contributed by atoms with Crippen LogP contribution in [0.15, 0.2) is 63.7 Å². The van der Waals surface area contributed by atoms with Gasteiger partial charge in [-0.15, -0.1) is 11.7 Å². The van der Waals surface area contributed by atoms with Crippen LogP contribution in [-0.4, -0.2) is 29.3 Å². The average molecular weight is 324 g/mol. The van der Waals surface area contributed by atoms with Gasteiger partial charge in [-0.25, -0.2) is 0 Å². The number of carbonyl (C=O) groups is 1. The molecule has 0 unspecified atom stereocenters. The first-order valence-corrected chi connectivity index (χ1v) is 6.99. The summed E-state index contributed by atoms with van der Waals surface area (Å²) in [5.74, 6) is -0.491. The van der Waals surface area contributed by atoms with E-state index < -0.39 is 4.92 Å². The quantitative estimate of drug-likeness (QED) is 0.365. The van der Waals surface area contributed by atoms with Crippen LogP contribution in [0.1, 0.15) is 11.3 Å². The Balaban J connectivity index is 1.89. The van der Waals surface area contributed by atoms with Gasteiger partial charge in [0.1, 0.15) is 4.92 Å².